The maximum Gasteiger partial charge on any atom is -0.0436 e. The fraction of sp³-hybridized carbons (Fsp3) is 1.00. The minimum absolute atomic E-state index is 1.17. The molecule has 0 rings (SSSR count). The van der Waals surface area contributed by atoms with Crippen LogP contribution < -0.4 is 0 Å². The standard InChI is InChI=1S/C2H8P2/c1-3-4-2/h3-4H,1-2H3. The molecule has 0 fully saturated rings. The molecule has 0 aliphatic rings. The number of rotatable bonds is 1. The molecule has 2 heteroatoms. The minimum atomic E-state index is 1.17. The van der Waals surface area contributed by atoms with Gasteiger partial charge in [-0.25, -0.2) is 0 Å². The fourth-order valence-corrected chi connectivity index (χ4v) is 0. The molecule has 0 bridgehead atoms. The van der Waals surface area contributed by atoms with Gasteiger partial charge in [-0.1, -0.05) is 0 Å². The van der Waals surface area contributed by atoms with Gasteiger partial charge in [-0.05, 0) is 13.3 Å². The summed E-state index contributed by atoms with van der Waals surface area (Å²) in [5.41, 5.74) is 0. The lowest BCUT2D eigenvalue weighted by molar-refractivity contribution is 2.46. The molecular formula is C2H8P2. The third kappa shape index (κ3) is 2.86. The van der Waals surface area contributed by atoms with Gasteiger partial charge < -0.3 is 0 Å². The minimum Gasteiger partial charge on any atom is -0.103 e. The first kappa shape index (κ1) is 4.86. The normalized spacial score (nSPS) is 13.5. The van der Waals surface area contributed by atoms with E-state index in [4.69, 9.17) is 0 Å². The summed E-state index contributed by atoms with van der Waals surface area (Å²) in [6.07, 6.45) is 0. The van der Waals surface area contributed by atoms with Crippen LogP contribution in [0.3, 0.4) is 0 Å². The Morgan fingerprint density at radius 2 is 1.25 bits per heavy atom. The van der Waals surface area contributed by atoms with E-state index in [0.29, 0.717) is 0 Å². The van der Waals surface area contributed by atoms with Gasteiger partial charge in [0.25, 0.3) is 0 Å². The van der Waals surface area contributed by atoms with Crippen molar-refractivity contribution in [2.45, 2.75) is 0 Å². The first-order valence-corrected chi connectivity index (χ1v) is 5.25. The Morgan fingerprint density at radius 3 is 1.25 bits per heavy atom. The van der Waals surface area contributed by atoms with Crippen LogP contribution >= 0.6 is 16.5 Å². The molecule has 0 saturated heterocycles. The van der Waals surface area contributed by atoms with Crippen molar-refractivity contribution < 1.29 is 0 Å². The summed E-state index contributed by atoms with van der Waals surface area (Å²) < 4.78 is 0. The Bertz CT molecular complexity index is 6.00. The highest BCUT2D eigenvalue weighted by molar-refractivity contribution is 8.11. The predicted octanol–water partition coefficient (Wildman–Crippen LogP) is 1.52. The summed E-state index contributed by atoms with van der Waals surface area (Å²) >= 11 is 0. The maximum atomic E-state index is 2.22. The molecule has 0 nitrogen and oxygen atoms in total. The average molecular weight is 94.0 g/mol. The molecule has 0 radical (unpaired) electrons. The van der Waals surface area contributed by atoms with Crippen molar-refractivity contribution in [2.75, 3.05) is 13.3 Å². The Morgan fingerprint density at radius 1 is 1.00 bits per heavy atom. The Labute approximate surface area is 30.8 Å². The highest BCUT2D eigenvalue weighted by Crippen LogP contribution is 2.27. The Kier molecular flexibility index (Phi) is 4.69. The lowest BCUT2D eigenvalue weighted by Gasteiger charge is -1.70. The largest absolute Gasteiger partial charge is 0.103 e. The van der Waals surface area contributed by atoms with Gasteiger partial charge in [0, 0.05) is 0 Å². The van der Waals surface area contributed by atoms with Gasteiger partial charge in [0.2, 0.25) is 0 Å². The summed E-state index contributed by atoms with van der Waals surface area (Å²) in [5, 5.41) is 0. The van der Waals surface area contributed by atoms with Crippen LogP contribution in [0.4, 0.5) is 0 Å². The van der Waals surface area contributed by atoms with Crippen LogP contribution in [-0.2, 0) is 0 Å². The van der Waals surface area contributed by atoms with Gasteiger partial charge >= 0.3 is 0 Å². The summed E-state index contributed by atoms with van der Waals surface area (Å²) in [5.74, 6) is 0. The highest BCUT2D eigenvalue weighted by Gasteiger charge is 1.53. The van der Waals surface area contributed by atoms with E-state index in [1.165, 1.54) is 16.5 Å². The average Bonchev–Trinajstić information content (AvgIpc) is 1.37. The molecule has 0 spiro atoms. The second kappa shape index (κ2) is 3.86. The van der Waals surface area contributed by atoms with Crippen molar-refractivity contribution in [1.29, 1.82) is 0 Å². The van der Waals surface area contributed by atoms with Crippen molar-refractivity contribution in [3.05, 3.63) is 0 Å². The van der Waals surface area contributed by atoms with E-state index in [1.807, 2.05) is 0 Å². The second-order valence-corrected chi connectivity index (χ2v) is 4.50. The second-order valence-electron chi connectivity index (χ2n) is 0.500. The predicted molar refractivity (Wildman–Crippen MR) is 28.5 cm³/mol. The van der Waals surface area contributed by atoms with Crippen LogP contribution in [0, 0.1) is 0 Å². The SMILES string of the molecule is CPPC. The van der Waals surface area contributed by atoms with E-state index in [1.54, 1.807) is 0 Å². The molecule has 0 amide bonds. The van der Waals surface area contributed by atoms with E-state index in [2.05, 4.69) is 13.3 Å². The zero-order valence-electron chi connectivity index (χ0n) is 3.00. The molecule has 2 atom stereocenters. The van der Waals surface area contributed by atoms with E-state index in [9.17, 15) is 0 Å². The zero-order valence-corrected chi connectivity index (χ0v) is 5.00. The van der Waals surface area contributed by atoms with Crippen molar-refractivity contribution in [1.82, 2.24) is 0 Å². The first-order valence-electron chi connectivity index (χ1n) is 1.25. The van der Waals surface area contributed by atoms with Crippen LogP contribution in [0.1, 0.15) is 0 Å². The topological polar surface area (TPSA) is 0 Å². The van der Waals surface area contributed by atoms with E-state index >= 15 is 0 Å². The van der Waals surface area contributed by atoms with Crippen LogP contribution in [0.2, 0.25) is 0 Å². The molecule has 0 N–H and O–H groups in total. The molecule has 0 aliphatic carbocycles. The van der Waals surface area contributed by atoms with Gasteiger partial charge in [-0.15, -0.1) is 16.5 Å². The summed E-state index contributed by atoms with van der Waals surface area (Å²) in [6, 6.07) is 0. The van der Waals surface area contributed by atoms with Crippen LogP contribution in [-0.4, -0.2) is 13.3 Å². The third-order valence-electron chi connectivity index (χ3n) is 0.250. The van der Waals surface area contributed by atoms with Crippen LogP contribution in [0.5, 0.6) is 0 Å². The molecule has 4 heavy (non-hydrogen) atoms. The summed E-state index contributed by atoms with van der Waals surface area (Å²) in [7, 11) is 2.34. The van der Waals surface area contributed by atoms with Crippen molar-refractivity contribution in [3.8, 4) is 0 Å². The number of hydrogen-bond acceptors (Lipinski definition) is 0. The smallest absolute Gasteiger partial charge is 0.0436 e. The van der Waals surface area contributed by atoms with Crippen molar-refractivity contribution in [2.24, 2.45) is 0 Å². The van der Waals surface area contributed by atoms with E-state index < -0.39 is 0 Å². The van der Waals surface area contributed by atoms with E-state index in [-0.39, 0.29) is 0 Å². The molecular weight excluding hydrogens is 86.0 g/mol. The van der Waals surface area contributed by atoms with Gasteiger partial charge in [0.15, 0.2) is 0 Å². The van der Waals surface area contributed by atoms with E-state index in [0.717, 1.165) is 0 Å². The van der Waals surface area contributed by atoms with Gasteiger partial charge in [0.1, 0.15) is 0 Å². The quantitative estimate of drug-likeness (QED) is 0.432. The fourth-order valence-electron chi connectivity index (χ4n) is 0. The molecule has 2 unspecified atom stereocenters. The van der Waals surface area contributed by atoms with Crippen molar-refractivity contribution >= 4 is 16.5 Å². The molecule has 0 aromatic heterocycles. The summed E-state index contributed by atoms with van der Waals surface area (Å²) in [4.78, 5) is 0. The van der Waals surface area contributed by atoms with Crippen molar-refractivity contribution in [3.63, 3.8) is 0 Å². The molecule has 0 aliphatic heterocycles. The Hall–Kier alpha value is 0.860. The molecule has 0 aromatic carbocycles. The number of hydrogen-bond donors (Lipinski definition) is 0. The molecule has 0 heterocycles. The van der Waals surface area contributed by atoms with Gasteiger partial charge in [-0.3, -0.25) is 0 Å². The van der Waals surface area contributed by atoms with Crippen LogP contribution in [0.15, 0.2) is 0 Å². The maximum absolute atomic E-state index is 2.22. The lowest BCUT2D eigenvalue weighted by atomic mass is 12.0. The molecule has 0 aromatic rings. The highest BCUT2D eigenvalue weighted by atomic mass is 32.0. The molecule has 0 saturated carbocycles. The van der Waals surface area contributed by atoms with Gasteiger partial charge in [-0.2, -0.15) is 0 Å². The lowest BCUT2D eigenvalue weighted by Crippen LogP contribution is -1.17. The summed E-state index contributed by atoms with van der Waals surface area (Å²) in [6.45, 7) is 4.44. The zero-order chi connectivity index (χ0) is 3.41. The van der Waals surface area contributed by atoms with Crippen LogP contribution in [0.25, 0.3) is 0 Å². The van der Waals surface area contributed by atoms with Gasteiger partial charge in [0.05, 0.1) is 0 Å². The Balaban J connectivity index is 1.97. The monoisotopic (exact) mass is 94.0 g/mol. The first-order chi connectivity index (χ1) is 1.91. The third-order valence-corrected chi connectivity index (χ3v) is 2.25. The molecule has 26 valence electrons.